The lowest BCUT2D eigenvalue weighted by molar-refractivity contribution is -0.144. The maximum atomic E-state index is 12.1. The number of amides is 1. The van der Waals surface area contributed by atoms with Crippen molar-refractivity contribution in [3.05, 3.63) is 0 Å². The Kier molecular flexibility index (Phi) is 4.79. The number of hydrogen-bond donors (Lipinski definition) is 0. The molecule has 120 valence electrons. The van der Waals surface area contributed by atoms with Crippen molar-refractivity contribution in [2.45, 2.75) is 52.6 Å². The largest absolute Gasteiger partial charge is 0.466 e. The van der Waals surface area contributed by atoms with E-state index in [-0.39, 0.29) is 12.1 Å². The van der Waals surface area contributed by atoms with Crippen molar-refractivity contribution < 1.29 is 19.1 Å². The van der Waals surface area contributed by atoms with Crippen molar-refractivity contribution in [3.63, 3.8) is 0 Å². The van der Waals surface area contributed by atoms with E-state index in [0.29, 0.717) is 30.8 Å². The first kappa shape index (κ1) is 16.1. The van der Waals surface area contributed by atoms with Crippen LogP contribution in [0.2, 0.25) is 0 Å². The van der Waals surface area contributed by atoms with Gasteiger partial charge in [-0.2, -0.15) is 0 Å². The zero-order chi connectivity index (χ0) is 15.6. The number of esters is 1. The lowest BCUT2D eigenvalue weighted by atomic mass is 10.0. The van der Waals surface area contributed by atoms with Crippen LogP contribution in [-0.2, 0) is 14.3 Å². The van der Waals surface area contributed by atoms with E-state index in [9.17, 15) is 9.59 Å². The van der Waals surface area contributed by atoms with Crippen LogP contribution >= 0.6 is 0 Å². The number of carbonyl (C=O) groups is 2. The molecule has 21 heavy (non-hydrogen) atoms. The Morgan fingerprint density at radius 2 is 1.71 bits per heavy atom. The van der Waals surface area contributed by atoms with Gasteiger partial charge in [0.2, 0.25) is 0 Å². The molecule has 1 amide bonds. The van der Waals surface area contributed by atoms with Crippen LogP contribution in [0.15, 0.2) is 0 Å². The average molecular weight is 297 g/mol. The minimum Gasteiger partial charge on any atom is -0.466 e. The highest BCUT2D eigenvalue weighted by Crippen LogP contribution is 2.43. The molecule has 0 radical (unpaired) electrons. The monoisotopic (exact) mass is 297 g/mol. The third kappa shape index (κ3) is 4.35. The van der Waals surface area contributed by atoms with E-state index in [2.05, 4.69) is 0 Å². The molecule has 2 atom stereocenters. The summed E-state index contributed by atoms with van der Waals surface area (Å²) in [6.45, 7) is 9.47. The summed E-state index contributed by atoms with van der Waals surface area (Å²) in [5, 5.41) is 0. The van der Waals surface area contributed by atoms with Gasteiger partial charge in [-0.05, 0) is 58.3 Å². The lowest BCUT2D eigenvalue weighted by Crippen LogP contribution is -2.36. The molecule has 1 heterocycles. The summed E-state index contributed by atoms with van der Waals surface area (Å²) in [6.07, 6.45) is 2.34. The number of hydrogen-bond acceptors (Lipinski definition) is 4. The first-order valence-corrected chi connectivity index (χ1v) is 7.92. The van der Waals surface area contributed by atoms with Gasteiger partial charge >= 0.3 is 12.1 Å². The molecule has 2 rings (SSSR count). The van der Waals surface area contributed by atoms with E-state index >= 15 is 0 Å². The van der Waals surface area contributed by atoms with Crippen LogP contribution < -0.4 is 0 Å². The van der Waals surface area contributed by atoms with Gasteiger partial charge in [-0.3, -0.25) is 4.79 Å². The molecular weight excluding hydrogens is 270 g/mol. The molecule has 0 spiro atoms. The van der Waals surface area contributed by atoms with Crippen molar-refractivity contribution in [3.8, 4) is 0 Å². The Labute approximate surface area is 127 Å². The zero-order valence-corrected chi connectivity index (χ0v) is 13.6. The van der Waals surface area contributed by atoms with Gasteiger partial charge < -0.3 is 14.4 Å². The number of likely N-dealkylation sites (tertiary alicyclic amines) is 1. The molecule has 1 aliphatic carbocycles. The number of rotatable bonds is 3. The molecule has 1 saturated carbocycles. The Morgan fingerprint density at radius 1 is 1.14 bits per heavy atom. The SMILES string of the molecule is CCOC(=O)CC1CC2CN(C(=O)OC(C)(C)C)CC2C1. The number of nitrogens with zero attached hydrogens (tertiary/aromatic N) is 1. The van der Waals surface area contributed by atoms with E-state index in [4.69, 9.17) is 9.47 Å². The minimum absolute atomic E-state index is 0.0912. The van der Waals surface area contributed by atoms with Crippen molar-refractivity contribution in [1.82, 2.24) is 4.90 Å². The third-order valence-corrected chi connectivity index (χ3v) is 4.26. The second kappa shape index (κ2) is 6.24. The second-order valence-electron chi connectivity index (χ2n) is 7.25. The topological polar surface area (TPSA) is 55.8 Å². The van der Waals surface area contributed by atoms with Crippen LogP contribution in [0.25, 0.3) is 0 Å². The predicted molar refractivity (Wildman–Crippen MR) is 78.8 cm³/mol. The third-order valence-electron chi connectivity index (χ3n) is 4.26. The zero-order valence-electron chi connectivity index (χ0n) is 13.6. The molecule has 5 nitrogen and oxygen atoms in total. The van der Waals surface area contributed by atoms with Gasteiger partial charge in [0.25, 0.3) is 0 Å². The highest BCUT2D eigenvalue weighted by molar-refractivity contribution is 5.70. The highest BCUT2D eigenvalue weighted by atomic mass is 16.6. The first-order chi connectivity index (χ1) is 9.78. The van der Waals surface area contributed by atoms with E-state index in [0.717, 1.165) is 25.9 Å². The maximum Gasteiger partial charge on any atom is 0.410 e. The lowest BCUT2D eigenvalue weighted by Gasteiger charge is -2.25. The Bertz CT molecular complexity index is 388. The van der Waals surface area contributed by atoms with Crippen LogP contribution in [0, 0.1) is 17.8 Å². The number of fused-ring (bicyclic) bond motifs is 1. The Morgan fingerprint density at radius 3 is 2.19 bits per heavy atom. The van der Waals surface area contributed by atoms with Gasteiger partial charge in [0.05, 0.1) is 6.61 Å². The normalized spacial score (nSPS) is 28.4. The molecule has 0 aromatic heterocycles. The molecule has 0 N–H and O–H groups in total. The molecular formula is C16H27NO4. The van der Waals surface area contributed by atoms with Gasteiger partial charge in [0.1, 0.15) is 5.60 Å². The summed E-state index contributed by atoms with van der Waals surface area (Å²) >= 11 is 0. The van der Waals surface area contributed by atoms with Crippen LogP contribution in [0.3, 0.4) is 0 Å². The number of carbonyl (C=O) groups excluding carboxylic acids is 2. The Hall–Kier alpha value is -1.26. The fraction of sp³-hybridized carbons (Fsp3) is 0.875. The first-order valence-electron chi connectivity index (χ1n) is 7.92. The molecule has 2 fully saturated rings. The van der Waals surface area contributed by atoms with Crippen molar-refractivity contribution in [2.24, 2.45) is 17.8 Å². The summed E-state index contributed by atoms with van der Waals surface area (Å²) in [4.78, 5) is 25.4. The summed E-state index contributed by atoms with van der Waals surface area (Å²) in [7, 11) is 0. The molecule has 2 unspecified atom stereocenters. The molecule has 1 aliphatic heterocycles. The fourth-order valence-electron chi connectivity index (χ4n) is 3.52. The van der Waals surface area contributed by atoms with Crippen LogP contribution in [-0.4, -0.2) is 42.3 Å². The standard InChI is InChI=1S/C16H27NO4/c1-5-20-14(18)8-11-6-12-9-17(10-13(12)7-11)15(19)21-16(2,3)4/h11-13H,5-10H2,1-4H3. The quantitative estimate of drug-likeness (QED) is 0.752. The summed E-state index contributed by atoms with van der Waals surface area (Å²) in [5.41, 5.74) is -0.443. The minimum atomic E-state index is -0.443. The van der Waals surface area contributed by atoms with Crippen molar-refractivity contribution in [2.75, 3.05) is 19.7 Å². The van der Waals surface area contributed by atoms with Crippen molar-refractivity contribution >= 4 is 12.1 Å². The second-order valence-corrected chi connectivity index (χ2v) is 7.25. The fourth-order valence-corrected chi connectivity index (χ4v) is 3.52. The molecule has 5 heteroatoms. The highest BCUT2D eigenvalue weighted by Gasteiger charge is 2.43. The van der Waals surface area contributed by atoms with Gasteiger partial charge in [-0.1, -0.05) is 0 Å². The predicted octanol–water partition coefficient (Wildman–Crippen LogP) is 2.83. The maximum absolute atomic E-state index is 12.1. The van der Waals surface area contributed by atoms with E-state index in [1.54, 1.807) is 0 Å². The number of ether oxygens (including phenoxy) is 2. The summed E-state index contributed by atoms with van der Waals surface area (Å²) < 4.78 is 10.4. The molecule has 2 aliphatic rings. The van der Waals surface area contributed by atoms with E-state index < -0.39 is 5.60 Å². The molecule has 0 aromatic rings. The average Bonchev–Trinajstić information content (AvgIpc) is 2.84. The summed E-state index contributed by atoms with van der Waals surface area (Å²) in [6, 6.07) is 0. The summed E-state index contributed by atoms with van der Waals surface area (Å²) in [5.74, 6) is 1.35. The molecule has 1 saturated heterocycles. The van der Waals surface area contributed by atoms with E-state index in [1.807, 2.05) is 32.6 Å². The van der Waals surface area contributed by atoms with Crippen LogP contribution in [0.1, 0.15) is 47.0 Å². The Balaban J connectivity index is 1.79. The van der Waals surface area contributed by atoms with E-state index in [1.165, 1.54) is 0 Å². The molecule has 0 bridgehead atoms. The molecule has 0 aromatic carbocycles. The smallest absolute Gasteiger partial charge is 0.410 e. The van der Waals surface area contributed by atoms with Crippen LogP contribution in [0.5, 0.6) is 0 Å². The van der Waals surface area contributed by atoms with Gasteiger partial charge in [-0.25, -0.2) is 4.79 Å². The van der Waals surface area contributed by atoms with Gasteiger partial charge in [0, 0.05) is 19.5 Å². The van der Waals surface area contributed by atoms with Crippen LogP contribution in [0.4, 0.5) is 4.79 Å². The van der Waals surface area contributed by atoms with Crippen molar-refractivity contribution in [1.29, 1.82) is 0 Å². The van der Waals surface area contributed by atoms with Gasteiger partial charge in [-0.15, -0.1) is 0 Å². The van der Waals surface area contributed by atoms with Gasteiger partial charge in [0.15, 0.2) is 0 Å².